The van der Waals surface area contributed by atoms with Gasteiger partial charge in [-0.25, -0.2) is 18.7 Å². The number of benzene rings is 2. The van der Waals surface area contributed by atoms with Gasteiger partial charge in [-0.3, -0.25) is 9.59 Å². The first-order valence-corrected chi connectivity index (χ1v) is 10.3. The van der Waals surface area contributed by atoms with Gasteiger partial charge in [0.1, 0.15) is 6.33 Å². The van der Waals surface area contributed by atoms with Gasteiger partial charge in [-0.1, -0.05) is 31.2 Å². The molecule has 1 unspecified atom stereocenters. The number of carbonyl (C=O) groups excluding carboxylic acids is 2. The van der Waals surface area contributed by atoms with E-state index in [9.17, 15) is 18.4 Å². The normalized spacial score (nSPS) is 16.0. The van der Waals surface area contributed by atoms with Crippen LogP contribution in [0.25, 0.3) is 11.3 Å². The number of amides is 2. The van der Waals surface area contributed by atoms with Gasteiger partial charge in [-0.05, 0) is 37.3 Å². The molecule has 0 bridgehead atoms. The van der Waals surface area contributed by atoms with E-state index >= 15 is 0 Å². The van der Waals surface area contributed by atoms with Gasteiger partial charge < -0.3 is 5.32 Å². The average Bonchev–Trinajstić information content (AvgIpc) is 3.13. The van der Waals surface area contributed by atoms with Crippen LogP contribution in [-0.4, -0.2) is 27.5 Å². The Morgan fingerprint density at radius 2 is 1.94 bits per heavy atom. The van der Waals surface area contributed by atoms with Crippen molar-refractivity contribution in [3.63, 3.8) is 0 Å². The van der Waals surface area contributed by atoms with E-state index in [0.29, 0.717) is 17.1 Å². The molecule has 1 aromatic heterocycles. The number of hydrogen-bond donors (Lipinski definition) is 1. The number of aromatic nitrogens is 2. The number of rotatable bonds is 6. The SMILES string of the molecule is CCC(F)(F)c1cccc(NC(=O)C2C(=O)N(c3cccc(-c4ccncn4)c3)N=C2C)c1. The lowest BCUT2D eigenvalue weighted by Gasteiger charge is -2.17. The Hall–Kier alpha value is -4.01. The molecule has 9 heteroatoms. The lowest BCUT2D eigenvalue weighted by molar-refractivity contribution is -0.127. The van der Waals surface area contributed by atoms with Crippen molar-refractivity contribution < 1.29 is 18.4 Å². The molecule has 0 aliphatic carbocycles. The van der Waals surface area contributed by atoms with Crippen LogP contribution in [0.2, 0.25) is 0 Å². The molecule has 0 spiro atoms. The summed E-state index contributed by atoms with van der Waals surface area (Å²) >= 11 is 0. The predicted octanol–water partition coefficient (Wildman–Crippen LogP) is 4.62. The molecule has 0 radical (unpaired) electrons. The highest BCUT2D eigenvalue weighted by atomic mass is 19.3. The third-order valence-electron chi connectivity index (χ3n) is 5.36. The van der Waals surface area contributed by atoms with E-state index in [2.05, 4.69) is 20.4 Å². The van der Waals surface area contributed by atoms with Crippen molar-refractivity contribution in [3.8, 4) is 11.3 Å². The van der Waals surface area contributed by atoms with Gasteiger partial charge in [0.25, 0.3) is 11.8 Å². The molecule has 7 nitrogen and oxygen atoms in total. The summed E-state index contributed by atoms with van der Waals surface area (Å²) in [5.41, 5.74) is 2.22. The van der Waals surface area contributed by atoms with Gasteiger partial charge in [0.2, 0.25) is 5.91 Å². The number of halogens is 2. The Labute approximate surface area is 189 Å². The average molecular weight is 449 g/mol. The highest BCUT2D eigenvalue weighted by Gasteiger charge is 2.40. The lowest BCUT2D eigenvalue weighted by atomic mass is 10.0. The van der Waals surface area contributed by atoms with Gasteiger partial charge >= 0.3 is 0 Å². The molecule has 2 heterocycles. The number of hydrazone groups is 1. The Kier molecular flexibility index (Phi) is 5.95. The van der Waals surface area contributed by atoms with Crippen LogP contribution in [0.4, 0.5) is 20.2 Å². The second-order valence-electron chi connectivity index (χ2n) is 7.60. The zero-order valence-electron chi connectivity index (χ0n) is 18.0. The molecule has 2 amide bonds. The molecule has 4 rings (SSSR count). The zero-order valence-corrected chi connectivity index (χ0v) is 18.0. The van der Waals surface area contributed by atoms with Crippen LogP contribution >= 0.6 is 0 Å². The maximum absolute atomic E-state index is 14.0. The van der Waals surface area contributed by atoms with Gasteiger partial charge in [0.05, 0.1) is 17.1 Å². The Balaban J connectivity index is 1.54. The Morgan fingerprint density at radius 3 is 2.67 bits per heavy atom. The van der Waals surface area contributed by atoms with E-state index in [1.54, 1.807) is 37.4 Å². The van der Waals surface area contributed by atoms with Crippen molar-refractivity contribution in [2.75, 3.05) is 10.3 Å². The van der Waals surface area contributed by atoms with Crippen LogP contribution < -0.4 is 10.3 Å². The molecule has 0 fully saturated rings. The van der Waals surface area contributed by atoms with Crippen molar-refractivity contribution in [1.82, 2.24) is 9.97 Å². The maximum Gasteiger partial charge on any atom is 0.273 e. The van der Waals surface area contributed by atoms with Crippen LogP contribution in [0.1, 0.15) is 25.8 Å². The smallest absolute Gasteiger partial charge is 0.273 e. The number of carbonyl (C=O) groups is 2. The second-order valence-corrected chi connectivity index (χ2v) is 7.60. The molecule has 1 N–H and O–H groups in total. The topological polar surface area (TPSA) is 87.5 Å². The minimum Gasteiger partial charge on any atom is -0.325 e. The fraction of sp³-hybridized carbons (Fsp3) is 0.208. The summed E-state index contributed by atoms with van der Waals surface area (Å²) in [4.78, 5) is 34.1. The fourth-order valence-corrected chi connectivity index (χ4v) is 3.55. The van der Waals surface area contributed by atoms with E-state index in [1.807, 2.05) is 6.07 Å². The molecule has 2 aromatic carbocycles. The number of nitrogens with one attached hydrogen (secondary N) is 1. The quantitative estimate of drug-likeness (QED) is 0.556. The highest BCUT2D eigenvalue weighted by molar-refractivity contribution is 6.28. The van der Waals surface area contributed by atoms with Crippen LogP contribution in [0.5, 0.6) is 0 Å². The molecular formula is C24H21F2N5O2. The summed E-state index contributed by atoms with van der Waals surface area (Å²) in [6.07, 6.45) is 2.68. The first-order valence-electron chi connectivity index (χ1n) is 10.3. The summed E-state index contributed by atoms with van der Waals surface area (Å²) in [6, 6.07) is 14.3. The van der Waals surface area contributed by atoms with Crippen molar-refractivity contribution >= 4 is 28.9 Å². The second kappa shape index (κ2) is 8.85. The summed E-state index contributed by atoms with van der Waals surface area (Å²) in [6.45, 7) is 2.97. The van der Waals surface area contributed by atoms with Gasteiger partial charge in [-0.2, -0.15) is 10.1 Å². The number of anilines is 2. The molecule has 0 saturated carbocycles. The summed E-state index contributed by atoms with van der Waals surface area (Å²) < 4.78 is 28.0. The predicted molar refractivity (Wildman–Crippen MR) is 121 cm³/mol. The summed E-state index contributed by atoms with van der Waals surface area (Å²) in [5.74, 6) is -5.33. The van der Waals surface area contributed by atoms with Crippen molar-refractivity contribution in [2.24, 2.45) is 11.0 Å². The molecule has 1 aliphatic heterocycles. The van der Waals surface area contributed by atoms with Gasteiger partial charge in [0.15, 0.2) is 5.92 Å². The lowest BCUT2D eigenvalue weighted by Crippen LogP contribution is -2.36. The molecule has 33 heavy (non-hydrogen) atoms. The summed E-state index contributed by atoms with van der Waals surface area (Å²) in [5, 5.41) is 8.02. The van der Waals surface area contributed by atoms with E-state index in [4.69, 9.17) is 0 Å². The molecule has 168 valence electrons. The standard InChI is InChI=1S/C24H21F2N5O2/c1-3-24(25,26)17-7-5-8-18(13-17)29-22(32)21-15(2)30-31(23(21)33)19-9-4-6-16(12-19)20-10-11-27-14-28-20/h4-14,21H,3H2,1-2H3,(H,29,32). The van der Waals surface area contributed by atoms with Crippen LogP contribution in [-0.2, 0) is 15.5 Å². The zero-order chi connectivity index (χ0) is 23.6. The fourth-order valence-electron chi connectivity index (χ4n) is 3.55. The molecular weight excluding hydrogens is 428 g/mol. The Morgan fingerprint density at radius 1 is 1.15 bits per heavy atom. The van der Waals surface area contributed by atoms with Gasteiger partial charge in [0, 0.05) is 29.4 Å². The maximum atomic E-state index is 14.0. The monoisotopic (exact) mass is 449 g/mol. The van der Waals surface area contributed by atoms with E-state index in [0.717, 1.165) is 5.56 Å². The molecule has 1 atom stereocenters. The third-order valence-corrected chi connectivity index (χ3v) is 5.36. The molecule has 3 aromatic rings. The third kappa shape index (κ3) is 4.48. The number of nitrogens with zero attached hydrogens (tertiary/aromatic N) is 4. The minimum absolute atomic E-state index is 0.190. The largest absolute Gasteiger partial charge is 0.325 e. The van der Waals surface area contributed by atoms with Crippen LogP contribution in [0.15, 0.2) is 72.2 Å². The van der Waals surface area contributed by atoms with Gasteiger partial charge in [-0.15, -0.1) is 0 Å². The van der Waals surface area contributed by atoms with Crippen molar-refractivity contribution in [1.29, 1.82) is 0 Å². The van der Waals surface area contributed by atoms with Crippen LogP contribution in [0.3, 0.4) is 0 Å². The first-order chi connectivity index (χ1) is 15.8. The number of hydrogen-bond acceptors (Lipinski definition) is 5. The minimum atomic E-state index is -3.01. The summed E-state index contributed by atoms with van der Waals surface area (Å²) in [7, 11) is 0. The Bertz CT molecular complexity index is 1230. The number of alkyl halides is 2. The van der Waals surface area contributed by atoms with Crippen molar-refractivity contribution in [2.45, 2.75) is 26.2 Å². The van der Waals surface area contributed by atoms with E-state index < -0.39 is 23.7 Å². The van der Waals surface area contributed by atoms with Crippen molar-refractivity contribution in [3.05, 3.63) is 72.7 Å². The molecule has 1 aliphatic rings. The highest BCUT2D eigenvalue weighted by Crippen LogP contribution is 2.33. The molecule has 0 saturated heterocycles. The first kappa shape index (κ1) is 22.2. The van der Waals surface area contributed by atoms with E-state index in [1.165, 1.54) is 42.5 Å². The van der Waals surface area contributed by atoms with Crippen LogP contribution in [0, 0.1) is 5.92 Å². The van der Waals surface area contributed by atoms with E-state index in [-0.39, 0.29) is 17.7 Å².